The second-order valence-electron chi connectivity index (χ2n) is 6.33. The third kappa shape index (κ3) is 4.65. The predicted molar refractivity (Wildman–Crippen MR) is 121 cm³/mol. The number of carbonyl (C=O) groups excluding carboxylic acids is 1. The molecule has 31 heavy (non-hydrogen) atoms. The minimum absolute atomic E-state index is 0.0541. The number of hydrogen-bond donors (Lipinski definition) is 0. The Morgan fingerprint density at radius 2 is 1.94 bits per heavy atom. The SMILES string of the molecule is O=C(c1cccc(F)c1)N(/N=C/c1ccc([N+](=O)[O-])cc1)c1nc2ccc(Br)cc2s1. The summed E-state index contributed by atoms with van der Waals surface area (Å²) in [6.45, 7) is 0. The standard InChI is InChI=1S/C21H12BrFN4O3S/c22-15-6-9-18-19(11-15)31-21(25-18)26(20(28)14-2-1-3-16(23)10-14)24-12-13-4-7-17(8-5-13)27(29)30/h1-12H/b24-12+. The Morgan fingerprint density at radius 3 is 2.65 bits per heavy atom. The lowest BCUT2D eigenvalue weighted by atomic mass is 10.2. The summed E-state index contributed by atoms with van der Waals surface area (Å²) in [6, 6.07) is 16.5. The first kappa shape index (κ1) is 20.8. The van der Waals surface area contributed by atoms with Gasteiger partial charge in [0, 0.05) is 22.2 Å². The van der Waals surface area contributed by atoms with Gasteiger partial charge in [0.25, 0.3) is 11.6 Å². The fourth-order valence-electron chi connectivity index (χ4n) is 2.72. The van der Waals surface area contributed by atoms with Crippen LogP contribution in [0.15, 0.2) is 76.3 Å². The molecule has 7 nitrogen and oxygen atoms in total. The molecular formula is C21H12BrFN4O3S. The molecule has 154 valence electrons. The molecule has 0 fully saturated rings. The molecule has 4 rings (SSSR count). The van der Waals surface area contributed by atoms with Crippen LogP contribution in [0.4, 0.5) is 15.2 Å². The Kier molecular flexibility index (Phi) is 5.83. The molecule has 0 aliphatic rings. The normalized spacial score (nSPS) is 11.2. The summed E-state index contributed by atoms with van der Waals surface area (Å²) in [5.41, 5.74) is 1.29. The van der Waals surface area contributed by atoms with Crippen LogP contribution >= 0.6 is 27.3 Å². The van der Waals surface area contributed by atoms with Gasteiger partial charge in [0.05, 0.1) is 21.4 Å². The van der Waals surface area contributed by atoms with E-state index in [0.717, 1.165) is 20.2 Å². The average Bonchev–Trinajstić information content (AvgIpc) is 3.16. The smallest absolute Gasteiger partial charge is 0.267 e. The van der Waals surface area contributed by atoms with Crippen molar-refractivity contribution >= 4 is 60.4 Å². The number of amides is 1. The van der Waals surface area contributed by atoms with Crippen LogP contribution in [-0.2, 0) is 0 Å². The fourth-order valence-corrected chi connectivity index (χ4v) is 4.19. The van der Waals surface area contributed by atoms with E-state index in [1.54, 1.807) is 0 Å². The summed E-state index contributed by atoms with van der Waals surface area (Å²) in [4.78, 5) is 27.9. The van der Waals surface area contributed by atoms with E-state index >= 15 is 0 Å². The first-order chi connectivity index (χ1) is 14.9. The van der Waals surface area contributed by atoms with Crippen LogP contribution in [0.3, 0.4) is 0 Å². The number of anilines is 1. The van der Waals surface area contributed by atoms with Gasteiger partial charge >= 0.3 is 0 Å². The summed E-state index contributed by atoms with van der Waals surface area (Å²) in [6.07, 6.45) is 1.39. The highest BCUT2D eigenvalue weighted by atomic mass is 79.9. The number of nitro groups is 1. The van der Waals surface area contributed by atoms with E-state index < -0.39 is 16.6 Å². The van der Waals surface area contributed by atoms with Gasteiger partial charge in [0.15, 0.2) is 0 Å². The number of rotatable bonds is 5. The number of thiazole rings is 1. The van der Waals surface area contributed by atoms with E-state index in [0.29, 0.717) is 16.2 Å². The summed E-state index contributed by atoms with van der Waals surface area (Å²) < 4.78 is 15.4. The summed E-state index contributed by atoms with van der Waals surface area (Å²) in [5.74, 6) is -1.10. The van der Waals surface area contributed by atoms with E-state index in [4.69, 9.17) is 0 Å². The molecule has 0 unspecified atom stereocenters. The van der Waals surface area contributed by atoms with Crippen LogP contribution in [0.25, 0.3) is 10.2 Å². The van der Waals surface area contributed by atoms with Crippen molar-refractivity contribution in [1.82, 2.24) is 4.98 Å². The number of carbonyl (C=O) groups is 1. The van der Waals surface area contributed by atoms with Crippen LogP contribution in [0.5, 0.6) is 0 Å². The number of aromatic nitrogens is 1. The van der Waals surface area contributed by atoms with Crippen molar-refractivity contribution in [1.29, 1.82) is 0 Å². The third-order valence-electron chi connectivity index (χ3n) is 4.21. The Morgan fingerprint density at radius 1 is 1.16 bits per heavy atom. The molecule has 3 aromatic carbocycles. The average molecular weight is 499 g/mol. The lowest BCUT2D eigenvalue weighted by Gasteiger charge is -2.13. The number of nitro benzene ring substituents is 1. The summed E-state index contributed by atoms with van der Waals surface area (Å²) in [7, 11) is 0. The van der Waals surface area contributed by atoms with Crippen molar-refractivity contribution in [2.45, 2.75) is 0 Å². The lowest BCUT2D eigenvalue weighted by Crippen LogP contribution is -2.25. The topological polar surface area (TPSA) is 88.7 Å². The Bertz CT molecular complexity index is 1320. The maximum Gasteiger partial charge on any atom is 0.280 e. The first-order valence-electron chi connectivity index (χ1n) is 8.85. The van der Waals surface area contributed by atoms with E-state index in [9.17, 15) is 19.3 Å². The van der Waals surface area contributed by atoms with Crippen LogP contribution < -0.4 is 5.01 Å². The number of non-ortho nitro benzene ring substituents is 1. The highest BCUT2D eigenvalue weighted by Crippen LogP contribution is 2.32. The first-order valence-corrected chi connectivity index (χ1v) is 10.5. The number of benzene rings is 3. The van der Waals surface area contributed by atoms with E-state index in [1.807, 2.05) is 18.2 Å². The van der Waals surface area contributed by atoms with Gasteiger partial charge in [0.1, 0.15) is 5.82 Å². The van der Waals surface area contributed by atoms with Crippen molar-refractivity contribution in [3.05, 3.63) is 98.3 Å². The molecule has 0 atom stereocenters. The molecule has 0 spiro atoms. The van der Waals surface area contributed by atoms with Crippen molar-refractivity contribution in [3.8, 4) is 0 Å². The lowest BCUT2D eigenvalue weighted by molar-refractivity contribution is -0.384. The van der Waals surface area contributed by atoms with Crippen LogP contribution in [0.1, 0.15) is 15.9 Å². The maximum absolute atomic E-state index is 13.7. The van der Waals surface area contributed by atoms with E-state index in [-0.39, 0.29) is 11.3 Å². The molecule has 0 aliphatic carbocycles. The Labute approximate surface area is 187 Å². The molecule has 0 N–H and O–H groups in total. The summed E-state index contributed by atoms with van der Waals surface area (Å²) >= 11 is 4.66. The highest BCUT2D eigenvalue weighted by molar-refractivity contribution is 9.10. The van der Waals surface area contributed by atoms with Crippen molar-refractivity contribution < 1.29 is 14.1 Å². The second-order valence-corrected chi connectivity index (χ2v) is 8.25. The number of hydrazone groups is 1. The van der Waals surface area contributed by atoms with Gasteiger partial charge < -0.3 is 0 Å². The summed E-state index contributed by atoms with van der Waals surface area (Å²) in [5, 5.41) is 16.5. The van der Waals surface area contributed by atoms with Gasteiger partial charge in [-0.3, -0.25) is 14.9 Å². The molecule has 1 heterocycles. The van der Waals surface area contributed by atoms with Gasteiger partial charge in [-0.25, -0.2) is 9.37 Å². The molecule has 0 radical (unpaired) electrons. The monoisotopic (exact) mass is 498 g/mol. The van der Waals surface area contributed by atoms with Gasteiger partial charge in [-0.1, -0.05) is 33.3 Å². The van der Waals surface area contributed by atoms with Gasteiger partial charge in [-0.05, 0) is 54.1 Å². The zero-order valence-electron chi connectivity index (χ0n) is 15.6. The maximum atomic E-state index is 13.7. The van der Waals surface area contributed by atoms with Crippen LogP contribution in [-0.4, -0.2) is 22.0 Å². The van der Waals surface area contributed by atoms with Crippen molar-refractivity contribution in [2.75, 3.05) is 5.01 Å². The van der Waals surface area contributed by atoms with E-state index in [2.05, 4.69) is 26.0 Å². The minimum Gasteiger partial charge on any atom is -0.267 e. The Balaban J connectivity index is 1.74. The van der Waals surface area contributed by atoms with Gasteiger partial charge in [-0.15, -0.1) is 0 Å². The number of nitrogens with zero attached hydrogens (tertiary/aromatic N) is 4. The number of hydrogen-bond acceptors (Lipinski definition) is 6. The van der Waals surface area contributed by atoms with Gasteiger partial charge in [-0.2, -0.15) is 10.1 Å². The van der Waals surface area contributed by atoms with Crippen molar-refractivity contribution in [2.24, 2.45) is 5.10 Å². The van der Waals surface area contributed by atoms with Gasteiger partial charge in [0.2, 0.25) is 5.13 Å². The van der Waals surface area contributed by atoms with Crippen molar-refractivity contribution in [3.63, 3.8) is 0 Å². The third-order valence-corrected chi connectivity index (χ3v) is 5.70. The molecule has 4 aromatic rings. The Hall–Kier alpha value is -3.50. The molecule has 1 aromatic heterocycles. The van der Waals surface area contributed by atoms with E-state index in [1.165, 1.54) is 60.0 Å². The largest absolute Gasteiger partial charge is 0.280 e. The van der Waals surface area contributed by atoms with Crippen LogP contribution in [0, 0.1) is 15.9 Å². The molecule has 0 saturated heterocycles. The second kappa shape index (κ2) is 8.70. The fraction of sp³-hybridized carbons (Fsp3) is 0. The highest BCUT2D eigenvalue weighted by Gasteiger charge is 2.21. The zero-order valence-corrected chi connectivity index (χ0v) is 18.0. The molecule has 0 saturated carbocycles. The molecule has 0 bridgehead atoms. The molecule has 0 aliphatic heterocycles. The minimum atomic E-state index is -0.559. The zero-order chi connectivity index (χ0) is 22.0. The number of fused-ring (bicyclic) bond motifs is 1. The van der Waals surface area contributed by atoms with Crippen LogP contribution in [0.2, 0.25) is 0 Å². The molecule has 10 heteroatoms. The predicted octanol–water partition coefficient (Wildman–Crippen LogP) is 5.79. The molecular weight excluding hydrogens is 487 g/mol. The molecule has 1 amide bonds. The number of halogens is 2. The quantitative estimate of drug-likeness (QED) is 0.198.